The Labute approximate surface area is 131 Å². The highest BCUT2D eigenvalue weighted by atomic mass is 16.4. The van der Waals surface area contributed by atoms with Crippen molar-refractivity contribution in [2.45, 2.75) is 26.0 Å². The molecular weight excluding hydrogens is 278 g/mol. The summed E-state index contributed by atoms with van der Waals surface area (Å²) in [6.45, 7) is 4.50. The first kappa shape index (κ1) is 16.1. The lowest BCUT2D eigenvalue weighted by Gasteiger charge is -2.20. The number of furan rings is 1. The maximum absolute atomic E-state index is 10.0. The number of aryl methyl sites for hydroxylation is 1. The van der Waals surface area contributed by atoms with Crippen molar-refractivity contribution < 1.29 is 9.52 Å². The summed E-state index contributed by atoms with van der Waals surface area (Å²) in [5.74, 6) is 1.18. The molecule has 5 heteroatoms. The van der Waals surface area contributed by atoms with Crippen LogP contribution in [0, 0.1) is 6.92 Å². The number of rotatable bonds is 5. The topological polar surface area (TPSA) is 69.8 Å². The highest BCUT2D eigenvalue weighted by Gasteiger charge is 2.13. The van der Waals surface area contributed by atoms with E-state index in [4.69, 9.17) is 4.42 Å². The fraction of sp³-hybridized carbons (Fsp3) is 0.353. The van der Waals surface area contributed by atoms with E-state index in [-0.39, 0.29) is 6.04 Å². The summed E-state index contributed by atoms with van der Waals surface area (Å²) >= 11 is 0. The van der Waals surface area contributed by atoms with Crippen molar-refractivity contribution >= 4 is 5.96 Å². The largest absolute Gasteiger partial charge is 0.467 e. The molecule has 2 unspecified atom stereocenters. The Bertz CT molecular complexity index is 608. The van der Waals surface area contributed by atoms with Gasteiger partial charge in [-0.05, 0) is 37.1 Å². The molecule has 1 aromatic heterocycles. The molecule has 0 fully saturated rings. The van der Waals surface area contributed by atoms with Crippen molar-refractivity contribution in [3.8, 4) is 0 Å². The van der Waals surface area contributed by atoms with Crippen LogP contribution in [0.15, 0.2) is 52.1 Å². The summed E-state index contributed by atoms with van der Waals surface area (Å²) in [6, 6.07) is 11.9. The zero-order chi connectivity index (χ0) is 15.9. The van der Waals surface area contributed by atoms with E-state index in [1.54, 1.807) is 25.4 Å². The predicted octanol–water partition coefficient (Wildman–Crippen LogP) is 2.55. The van der Waals surface area contributed by atoms with Crippen LogP contribution >= 0.6 is 0 Å². The van der Waals surface area contributed by atoms with E-state index >= 15 is 0 Å². The van der Waals surface area contributed by atoms with Crippen molar-refractivity contribution in [2.24, 2.45) is 4.99 Å². The van der Waals surface area contributed by atoms with Gasteiger partial charge in [0.05, 0.1) is 18.8 Å². The quantitative estimate of drug-likeness (QED) is 0.586. The van der Waals surface area contributed by atoms with E-state index in [2.05, 4.69) is 41.6 Å². The Kier molecular flexibility index (Phi) is 5.61. The number of nitrogens with zero attached hydrogens (tertiary/aromatic N) is 1. The van der Waals surface area contributed by atoms with Gasteiger partial charge in [-0.15, -0.1) is 0 Å². The maximum atomic E-state index is 10.0. The summed E-state index contributed by atoms with van der Waals surface area (Å²) in [5.41, 5.74) is 2.45. The van der Waals surface area contributed by atoms with Crippen LogP contribution in [0.5, 0.6) is 0 Å². The smallest absolute Gasteiger partial charge is 0.191 e. The molecule has 2 rings (SSSR count). The zero-order valence-electron chi connectivity index (χ0n) is 13.2. The lowest BCUT2D eigenvalue weighted by molar-refractivity contribution is 0.152. The fourth-order valence-electron chi connectivity index (χ4n) is 2.32. The number of nitrogens with one attached hydrogen (secondary N) is 2. The minimum absolute atomic E-state index is 0.119. The van der Waals surface area contributed by atoms with E-state index in [0.29, 0.717) is 18.3 Å². The summed E-state index contributed by atoms with van der Waals surface area (Å²) in [4.78, 5) is 4.19. The Morgan fingerprint density at radius 1 is 1.27 bits per heavy atom. The standard InChI is InChI=1S/C17H23N3O2/c1-12-7-4-5-8-14(12)13(2)20-17(18-3)19-11-15(21)16-9-6-10-22-16/h4-10,13,15,21H,11H2,1-3H3,(H2,18,19,20). The van der Waals surface area contributed by atoms with E-state index in [9.17, 15) is 5.11 Å². The van der Waals surface area contributed by atoms with E-state index < -0.39 is 6.10 Å². The Morgan fingerprint density at radius 2 is 2.05 bits per heavy atom. The molecule has 0 amide bonds. The molecule has 0 radical (unpaired) electrons. The summed E-state index contributed by atoms with van der Waals surface area (Å²) < 4.78 is 5.18. The number of aliphatic hydroxyl groups excluding tert-OH is 1. The summed E-state index contributed by atoms with van der Waals surface area (Å²) in [5, 5.41) is 16.4. The van der Waals surface area contributed by atoms with Gasteiger partial charge < -0.3 is 20.2 Å². The third-order valence-electron chi connectivity index (χ3n) is 3.57. The number of hydrogen-bond acceptors (Lipinski definition) is 3. The molecule has 22 heavy (non-hydrogen) atoms. The molecule has 0 aliphatic heterocycles. The number of hydrogen-bond donors (Lipinski definition) is 3. The highest BCUT2D eigenvalue weighted by Crippen LogP contribution is 2.16. The average molecular weight is 301 g/mol. The first-order valence-electron chi connectivity index (χ1n) is 7.36. The van der Waals surface area contributed by atoms with Crippen LogP contribution in [0.2, 0.25) is 0 Å². The van der Waals surface area contributed by atoms with Gasteiger partial charge in [-0.2, -0.15) is 0 Å². The minimum Gasteiger partial charge on any atom is -0.467 e. The monoisotopic (exact) mass is 301 g/mol. The Morgan fingerprint density at radius 3 is 2.68 bits per heavy atom. The second-order valence-electron chi connectivity index (χ2n) is 5.21. The average Bonchev–Trinajstić information content (AvgIpc) is 3.05. The molecule has 0 saturated carbocycles. The molecule has 3 N–H and O–H groups in total. The molecule has 0 aliphatic carbocycles. The van der Waals surface area contributed by atoms with Gasteiger partial charge in [-0.3, -0.25) is 4.99 Å². The van der Waals surface area contributed by atoms with Gasteiger partial charge in [0.1, 0.15) is 11.9 Å². The second-order valence-corrected chi connectivity index (χ2v) is 5.21. The van der Waals surface area contributed by atoms with Crippen molar-refractivity contribution in [1.29, 1.82) is 0 Å². The number of benzene rings is 1. The van der Waals surface area contributed by atoms with Crippen LogP contribution in [0.1, 0.15) is 36.0 Å². The maximum Gasteiger partial charge on any atom is 0.191 e. The van der Waals surface area contributed by atoms with Crippen LogP contribution in [-0.4, -0.2) is 24.7 Å². The van der Waals surface area contributed by atoms with Crippen molar-refractivity contribution in [2.75, 3.05) is 13.6 Å². The number of aliphatic hydroxyl groups is 1. The van der Waals surface area contributed by atoms with Gasteiger partial charge in [0, 0.05) is 7.05 Å². The first-order chi connectivity index (χ1) is 10.6. The Balaban J connectivity index is 1.91. The van der Waals surface area contributed by atoms with Crippen molar-refractivity contribution in [1.82, 2.24) is 10.6 Å². The lowest BCUT2D eigenvalue weighted by atomic mass is 10.0. The zero-order valence-corrected chi connectivity index (χ0v) is 13.2. The van der Waals surface area contributed by atoms with Crippen LogP contribution in [-0.2, 0) is 0 Å². The molecule has 118 valence electrons. The predicted molar refractivity (Wildman–Crippen MR) is 87.8 cm³/mol. The SMILES string of the molecule is CN=C(NCC(O)c1ccco1)NC(C)c1ccccc1C. The molecule has 2 atom stereocenters. The van der Waals surface area contributed by atoms with Gasteiger partial charge in [0.25, 0.3) is 0 Å². The van der Waals surface area contributed by atoms with Crippen molar-refractivity contribution in [3.05, 3.63) is 59.5 Å². The first-order valence-corrected chi connectivity index (χ1v) is 7.36. The number of aliphatic imine (C=N–C) groups is 1. The highest BCUT2D eigenvalue weighted by molar-refractivity contribution is 5.80. The number of guanidine groups is 1. The normalized spacial score (nSPS) is 14.5. The third kappa shape index (κ3) is 4.11. The third-order valence-corrected chi connectivity index (χ3v) is 3.57. The van der Waals surface area contributed by atoms with Crippen LogP contribution in [0.3, 0.4) is 0 Å². The molecule has 0 saturated heterocycles. The van der Waals surface area contributed by atoms with Gasteiger partial charge in [0.15, 0.2) is 5.96 Å². The minimum atomic E-state index is -0.706. The van der Waals surface area contributed by atoms with Crippen LogP contribution < -0.4 is 10.6 Å². The Hall–Kier alpha value is -2.27. The molecule has 0 aliphatic rings. The molecule has 0 spiro atoms. The molecular formula is C17H23N3O2. The summed E-state index contributed by atoms with van der Waals surface area (Å²) in [6.07, 6.45) is 0.841. The van der Waals surface area contributed by atoms with E-state index in [1.807, 2.05) is 12.1 Å². The van der Waals surface area contributed by atoms with E-state index in [0.717, 1.165) is 0 Å². The summed E-state index contributed by atoms with van der Waals surface area (Å²) in [7, 11) is 1.71. The molecule has 2 aromatic rings. The molecule has 1 aromatic carbocycles. The second kappa shape index (κ2) is 7.66. The lowest BCUT2D eigenvalue weighted by Crippen LogP contribution is -2.40. The fourth-order valence-corrected chi connectivity index (χ4v) is 2.32. The van der Waals surface area contributed by atoms with Gasteiger partial charge in [-0.1, -0.05) is 24.3 Å². The molecule has 0 bridgehead atoms. The van der Waals surface area contributed by atoms with Crippen molar-refractivity contribution in [3.63, 3.8) is 0 Å². The van der Waals surface area contributed by atoms with Crippen LogP contribution in [0.4, 0.5) is 0 Å². The van der Waals surface area contributed by atoms with E-state index in [1.165, 1.54) is 11.1 Å². The van der Waals surface area contributed by atoms with Gasteiger partial charge in [-0.25, -0.2) is 0 Å². The molecule has 5 nitrogen and oxygen atoms in total. The van der Waals surface area contributed by atoms with Gasteiger partial charge in [0.2, 0.25) is 0 Å². The van der Waals surface area contributed by atoms with Gasteiger partial charge >= 0.3 is 0 Å². The molecule has 1 heterocycles. The van der Waals surface area contributed by atoms with Crippen LogP contribution in [0.25, 0.3) is 0 Å².